The van der Waals surface area contributed by atoms with E-state index in [1.807, 2.05) is 37.3 Å². The first kappa shape index (κ1) is 24.1. The maximum absolute atomic E-state index is 10.7. The molecule has 7 heteroatoms. The van der Waals surface area contributed by atoms with E-state index in [1.165, 1.54) is 0 Å². The van der Waals surface area contributed by atoms with Crippen molar-refractivity contribution in [1.29, 1.82) is 0 Å². The lowest BCUT2D eigenvalue weighted by Gasteiger charge is -2.38. The molecule has 3 unspecified atom stereocenters. The van der Waals surface area contributed by atoms with E-state index in [0.29, 0.717) is 18.6 Å². The highest BCUT2D eigenvalue weighted by Gasteiger charge is 2.24. The molecule has 3 atom stereocenters. The number of halogens is 1. The predicted octanol–water partition coefficient (Wildman–Crippen LogP) is 2.18. The largest absolute Gasteiger partial charge is 0.384 e. The van der Waals surface area contributed by atoms with Crippen molar-refractivity contribution in [1.82, 2.24) is 15.5 Å². The van der Waals surface area contributed by atoms with Crippen LogP contribution < -0.4 is 10.6 Å². The number of nitrogens with one attached hydrogen (secondary N) is 2. The second-order valence-electron chi connectivity index (χ2n) is 7.23. The van der Waals surface area contributed by atoms with Gasteiger partial charge in [0.25, 0.3) is 0 Å². The van der Waals surface area contributed by atoms with Crippen molar-refractivity contribution in [3.05, 3.63) is 35.9 Å². The number of hydrogen-bond donors (Lipinski definition) is 3. The Labute approximate surface area is 180 Å². The SMILES string of the molecule is CCNC(=NCC(C)(O)c1ccccc1)NCC(C)N1CCOCC1C.I. The molecule has 1 fully saturated rings. The lowest BCUT2D eigenvalue weighted by molar-refractivity contribution is -0.0174. The van der Waals surface area contributed by atoms with Crippen LogP contribution in [0.1, 0.15) is 33.3 Å². The minimum Gasteiger partial charge on any atom is -0.384 e. The molecule has 0 radical (unpaired) electrons. The third-order valence-corrected chi connectivity index (χ3v) is 4.84. The average Bonchev–Trinajstić information content (AvgIpc) is 2.65. The number of hydrogen-bond acceptors (Lipinski definition) is 4. The van der Waals surface area contributed by atoms with Crippen LogP contribution >= 0.6 is 24.0 Å². The lowest BCUT2D eigenvalue weighted by atomic mass is 9.96. The van der Waals surface area contributed by atoms with E-state index in [4.69, 9.17) is 4.74 Å². The van der Waals surface area contributed by atoms with E-state index < -0.39 is 5.60 Å². The van der Waals surface area contributed by atoms with Gasteiger partial charge in [-0.1, -0.05) is 30.3 Å². The third kappa shape index (κ3) is 7.56. The molecule has 154 valence electrons. The third-order valence-electron chi connectivity index (χ3n) is 4.84. The zero-order chi connectivity index (χ0) is 19.0. The standard InChI is InChI=1S/C20H34N4O2.HI/c1-5-21-19(22-13-16(2)24-11-12-26-14-17(24)3)23-15-20(4,25)18-9-7-6-8-10-18;/h6-10,16-17,25H,5,11-15H2,1-4H3,(H2,21,22,23);1H. The van der Waals surface area contributed by atoms with Crippen LogP contribution in [0.4, 0.5) is 0 Å². The number of guanidine groups is 1. The van der Waals surface area contributed by atoms with Crippen LogP contribution in [0, 0.1) is 0 Å². The molecule has 6 nitrogen and oxygen atoms in total. The van der Waals surface area contributed by atoms with Crippen LogP contribution in [0.3, 0.4) is 0 Å². The fraction of sp³-hybridized carbons (Fsp3) is 0.650. The van der Waals surface area contributed by atoms with Gasteiger partial charge in [0.1, 0.15) is 5.60 Å². The summed E-state index contributed by atoms with van der Waals surface area (Å²) in [6.07, 6.45) is 0. The predicted molar refractivity (Wildman–Crippen MR) is 122 cm³/mol. The molecule has 0 aliphatic carbocycles. The molecule has 27 heavy (non-hydrogen) atoms. The zero-order valence-corrected chi connectivity index (χ0v) is 19.3. The van der Waals surface area contributed by atoms with Crippen LogP contribution in [0.5, 0.6) is 0 Å². The van der Waals surface area contributed by atoms with Gasteiger partial charge in [-0.2, -0.15) is 0 Å². The van der Waals surface area contributed by atoms with Gasteiger partial charge < -0.3 is 20.5 Å². The quantitative estimate of drug-likeness (QED) is 0.311. The maximum atomic E-state index is 10.7. The highest BCUT2D eigenvalue weighted by molar-refractivity contribution is 14.0. The number of benzene rings is 1. The Balaban J connectivity index is 0.00000364. The number of aliphatic hydroxyl groups is 1. The molecule has 0 spiro atoms. The Hall–Kier alpha value is -0.900. The van der Waals surface area contributed by atoms with Crippen molar-refractivity contribution < 1.29 is 9.84 Å². The summed E-state index contributed by atoms with van der Waals surface area (Å²) < 4.78 is 5.52. The van der Waals surface area contributed by atoms with Gasteiger partial charge in [0.2, 0.25) is 0 Å². The molecule has 0 aromatic heterocycles. The molecular weight excluding hydrogens is 455 g/mol. The number of rotatable bonds is 7. The van der Waals surface area contributed by atoms with E-state index in [2.05, 4.69) is 34.4 Å². The van der Waals surface area contributed by atoms with E-state index in [-0.39, 0.29) is 24.0 Å². The smallest absolute Gasteiger partial charge is 0.191 e. The van der Waals surface area contributed by atoms with Gasteiger partial charge in [-0.05, 0) is 33.3 Å². The first-order chi connectivity index (χ1) is 12.4. The normalized spacial score (nSPS) is 21.7. The van der Waals surface area contributed by atoms with Crippen molar-refractivity contribution in [2.24, 2.45) is 4.99 Å². The van der Waals surface area contributed by atoms with Crippen LogP contribution in [0.15, 0.2) is 35.3 Å². The van der Waals surface area contributed by atoms with Gasteiger partial charge in [-0.3, -0.25) is 4.90 Å². The molecule has 1 aliphatic rings. The highest BCUT2D eigenvalue weighted by atomic mass is 127. The molecule has 0 amide bonds. The number of morpholine rings is 1. The highest BCUT2D eigenvalue weighted by Crippen LogP contribution is 2.20. The fourth-order valence-corrected chi connectivity index (χ4v) is 3.22. The van der Waals surface area contributed by atoms with Gasteiger partial charge in [0, 0.05) is 31.7 Å². The maximum Gasteiger partial charge on any atom is 0.191 e. The minimum atomic E-state index is -0.992. The lowest BCUT2D eigenvalue weighted by Crippen LogP contribution is -2.53. The van der Waals surface area contributed by atoms with Gasteiger partial charge in [0.15, 0.2) is 5.96 Å². The van der Waals surface area contributed by atoms with Crippen molar-refractivity contribution in [2.45, 2.75) is 45.4 Å². The Kier molecular flexibility index (Phi) is 10.6. The van der Waals surface area contributed by atoms with Crippen molar-refractivity contribution in [3.8, 4) is 0 Å². The first-order valence-corrected chi connectivity index (χ1v) is 9.57. The van der Waals surface area contributed by atoms with Gasteiger partial charge in [0.05, 0.1) is 19.8 Å². The summed E-state index contributed by atoms with van der Waals surface area (Å²) >= 11 is 0. The van der Waals surface area contributed by atoms with Gasteiger partial charge in [-0.25, -0.2) is 4.99 Å². The molecule has 1 aromatic rings. The first-order valence-electron chi connectivity index (χ1n) is 9.57. The second kappa shape index (κ2) is 11.8. The number of aliphatic imine (C=N–C) groups is 1. The Morgan fingerprint density at radius 2 is 2.07 bits per heavy atom. The van der Waals surface area contributed by atoms with Crippen LogP contribution in [-0.4, -0.2) is 67.4 Å². The van der Waals surface area contributed by atoms with Crippen molar-refractivity contribution >= 4 is 29.9 Å². The molecule has 2 rings (SSSR count). The Morgan fingerprint density at radius 1 is 1.37 bits per heavy atom. The van der Waals surface area contributed by atoms with Crippen LogP contribution in [0.25, 0.3) is 0 Å². The molecule has 1 heterocycles. The molecule has 1 saturated heterocycles. The van der Waals surface area contributed by atoms with E-state index in [9.17, 15) is 5.11 Å². The molecule has 0 bridgehead atoms. The summed E-state index contributed by atoms with van der Waals surface area (Å²) in [5, 5.41) is 17.4. The Morgan fingerprint density at radius 3 is 2.70 bits per heavy atom. The van der Waals surface area contributed by atoms with Gasteiger partial charge in [-0.15, -0.1) is 24.0 Å². The molecule has 1 aromatic carbocycles. The molecule has 3 N–H and O–H groups in total. The number of nitrogens with zero attached hydrogens (tertiary/aromatic N) is 2. The average molecular weight is 490 g/mol. The summed E-state index contributed by atoms with van der Waals surface area (Å²) in [4.78, 5) is 7.06. The summed E-state index contributed by atoms with van der Waals surface area (Å²) in [6, 6.07) is 10.5. The van der Waals surface area contributed by atoms with E-state index in [0.717, 1.165) is 44.4 Å². The van der Waals surface area contributed by atoms with Crippen LogP contribution in [-0.2, 0) is 10.3 Å². The van der Waals surface area contributed by atoms with E-state index in [1.54, 1.807) is 6.92 Å². The monoisotopic (exact) mass is 490 g/mol. The summed E-state index contributed by atoms with van der Waals surface area (Å²) in [5.74, 6) is 0.733. The topological polar surface area (TPSA) is 69.1 Å². The Bertz CT molecular complexity index is 568. The van der Waals surface area contributed by atoms with Crippen molar-refractivity contribution in [2.75, 3.05) is 39.4 Å². The molecular formula is C20H35IN4O2. The molecule has 1 aliphatic heterocycles. The van der Waals surface area contributed by atoms with Crippen LogP contribution in [0.2, 0.25) is 0 Å². The molecule has 0 saturated carbocycles. The zero-order valence-electron chi connectivity index (χ0n) is 16.9. The number of ether oxygens (including phenoxy) is 1. The van der Waals surface area contributed by atoms with Gasteiger partial charge >= 0.3 is 0 Å². The summed E-state index contributed by atoms with van der Waals surface area (Å²) in [5.41, 5.74) is -0.122. The fourth-order valence-electron chi connectivity index (χ4n) is 3.22. The van der Waals surface area contributed by atoms with E-state index >= 15 is 0 Å². The van der Waals surface area contributed by atoms with Crippen molar-refractivity contribution in [3.63, 3.8) is 0 Å². The summed E-state index contributed by atoms with van der Waals surface area (Å²) in [6.45, 7) is 12.7. The summed E-state index contributed by atoms with van der Waals surface area (Å²) in [7, 11) is 0. The minimum absolute atomic E-state index is 0. The second-order valence-corrected chi connectivity index (χ2v) is 7.23.